The summed E-state index contributed by atoms with van der Waals surface area (Å²) in [4.78, 5) is 10.6. The van der Waals surface area contributed by atoms with Crippen LogP contribution >= 0.6 is 23.6 Å². The first-order chi connectivity index (χ1) is 5.68. The molecular formula is C7H13Cl2NO2. The predicted octanol–water partition coefficient (Wildman–Crippen LogP) is 3.31. The molecule has 0 saturated carbocycles. The highest BCUT2D eigenvalue weighted by molar-refractivity contribution is 6.40. The Morgan fingerprint density at radius 2 is 2.00 bits per heavy atom. The largest absolute Gasteiger partial charge is 0.448 e. The van der Waals surface area contributed by atoms with Gasteiger partial charge in [-0.05, 0) is 6.42 Å². The van der Waals surface area contributed by atoms with E-state index in [1.165, 1.54) is 0 Å². The first-order valence-corrected chi connectivity index (χ1v) is 4.64. The van der Waals surface area contributed by atoms with Crippen LogP contribution in [0.25, 0.3) is 0 Å². The number of rotatable bonds is 5. The predicted molar refractivity (Wildman–Crippen MR) is 49.0 cm³/mol. The van der Waals surface area contributed by atoms with Gasteiger partial charge in [0.25, 0.3) is 0 Å². The summed E-state index contributed by atoms with van der Waals surface area (Å²) < 4.78 is 5.06. The van der Waals surface area contributed by atoms with Gasteiger partial charge in [0.1, 0.15) is 0 Å². The summed E-state index contributed by atoms with van der Waals surface area (Å²) in [5.74, 6) is 0. The van der Waals surface area contributed by atoms with E-state index < -0.39 is 6.09 Å². The van der Waals surface area contributed by atoms with Crippen LogP contribution in [0.4, 0.5) is 4.79 Å². The summed E-state index contributed by atoms with van der Waals surface area (Å²) in [6.45, 7) is 2.50. The number of amides is 1. The summed E-state index contributed by atoms with van der Waals surface area (Å²) >= 11 is 10.2. The lowest BCUT2D eigenvalue weighted by molar-refractivity contribution is 0.137. The van der Waals surface area contributed by atoms with E-state index in [1.807, 2.05) is 0 Å². The van der Waals surface area contributed by atoms with Crippen LogP contribution in [0.5, 0.6) is 0 Å². The van der Waals surface area contributed by atoms with E-state index in [4.69, 9.17) is 23.6 Å². The molecule has 0 aliphatic heterocycles. The van der Waals surface area contributed by atoms with Crippen molar-refractivity contribution in [3.05, 3.63) is 0 Å². The third kappa shape index (κ3) is 6.55. The molecule has 0 heterocycles. The average Bonchev–Trinajstić information content (AvgIpc) is 2.03. The van der Waals surface area contributed by atoms with Gasteiger partial charge in [0.15, 0.2) is 0 Å². The van der Waals surface area contributed by atoms with Crippen molar-refractivity contribution in [2.45, 2.75) is 32.6 Å². The van der Waals surface area contributed by atoms with Gasteiger partial charge >= 0.3 is 6.09 Å². The topological polar surface area (TPSA) is 29.5 Å². The fraction of sp³-hybridized carbons (Fsp3) is 0.857. The molecule has 0 rings (SSSR count). The van der Waals surface area contributed by atoms with Gasteiger partial charge in [-0.2, -0.15) is 0 Å². The monoisotopic (exact) mass is 213 g/mol. The number of carbonyl (C=O) groups is 1. The van der Waals surface area contributed by atoms with Gasteiger partial charge in [-0.1, -0.05) is 26.2 Å². The summed E-state index contributed by atoms with van der Waals surface area (Å²) in [5.41, 5.74) is 0. The maximum atomic E-state index is 10.6. The zero-order chi connectivity index (χ0) is 9.40. The Labute approximate surface area is 82.8 Å². The minimum Gasteiger partial charge on any atom is -0.448 e. The Kier molecular flexibility index (Phi) is 7.40. The second kappa shape index (κ2) is 7.50. The second-order valence-corrected chi connectivity index (χ2v) is 3.26. The minimum atomic E-state index is -0.713. The maximum Gasteiger partial charge on any atom is 0.439 e. The molecule has 0 aromatic carbocycles. The molecule has 0 fully saturated rings. The molecule has 5 heteroatoms. The Hall–Kier alpha value is -0.150. The van der Waals surface area contributed by atoms with Gasteiger partial charge in [-0.3, -0.25) is 0 Å². The first-order valence-electron chi connectivity index (χ1n) is 3.97. The van der Waals surface area contributed by atoms with Crippen LogP contribution in [0.3, 0.4) is 0 Å². The standard InChI is InChI=1S/C7H13Cl2NO2/c1-2-3-4-5-6-12-7(11)10(8)9/h2-6H2,1H3. The molecule has 0 aromatic heterocycles. The summed E-state index contributed by atoms with van der Waals surface area (Å²) in [6, 6.07) is 0. The van der Waals surface area contributed by atoms with Gasteiger partial charge in [-0.25, -0.2) is 4.79 Å². The Morgan fingerprint density at radius 3 is 2.50 bits per heavy atom. The van der Waals surface area contributed by atoms with Crippen molar-refractivity contribution < 1.29 is 9.53 Å². The van der Waals surface area contributed by atoms with Gasteiger partial charge in [0, 0.05) is 23.6 Å². The van der Waals surface area contributed by atoms with Crippen LogP contribution < -0.4 is 0 Å². The van der Waals surface area contributed by atoms with Crippen LogP contribution in [0.2, 0.25) is 0 Å². The van der Waals surface area contributed by atoms with Crippen molar-refractivity contribution in [2.75, 3.05) is 6.61 Å². The van der Waals surface area contributed by atoms with Crippen molar-refractivity contribution in [3.63, 3.8) is 0 Å². The lowest BCUT2D eigenvalue weighted by Gasteiger charge is -2.05. The van der Waals surface area contributed by atoms with E-state index in [0.717, 1.165) is 25.7 Å². The third-order valence-electron chi connectivity index (χ3n) is 1.36. The fourth-order valence-electron chi connectivity index (χ4n) is 0.737. The highest BCUT2D eigenvalue weighted by atomic mass is 35.5. The SMILES string of the molecule is CCCCCCOC(=O)N(Cl)Cl. The number of hydrogen-bond acceptors (Lipinski definition) is 2. The number of unbranched alkanes of at least 4 members (excludes halogenated alkanes) is 3. The first kappa shape index (κ1) is 11.8. The Balaban J connectivity index is 3.14. The zero-order valence-electron chi connectivity index (χ0n) is 7.06. The normalized spacial score (nSPS) is 9.58. The van der Waals surface area contributed by atoms with Crippen LogP contribution in [0.15, 0.2) is 0 Å². The summed E-state index contributed by atoms with van der Waals surface area (Å²) in [6.07, 6.45) is 3.53. The molecule has 0 spiro atoms. The smallest absolute Gasteiger partial charge is 0.439 e. The van der Waals surface area contributed by atoms with E-state index in [0.29, 0.717) is 10.5 Å². The number of carbonyl (C=O) groups excluding carboxylic acids is 1. The van der Waals surface area contributed by atoms with Crippen molar-refractivity contribution >= 4 is 29.6 Å². The summed E-state index contributed by atoms with van der Waals surface area (Å²) in [5, 5.41) is 0. The van der Waals surface area contributed by atoms with Crippen LogP contribution in [-0.2, 0) is 4.74 Å². The molecular weight excluding hydrogens is 201 g/mol. The van der Waals surface area contributed by atoms with E-state index in [9.17, 15) is 4.79 Å². The lowest BCUT2D eigenvalue weighted by atomic mass is 10.2. The molecule has 0 aliphatic rings. The van der Waals surface area contributed by atoms with Gasteiger partial charge < -0.3 is 4.74 Å². The van der Waals surface area contributed by atoms with E-state index in [1.54, 1.807) is 0 Å². The number of hydrogen-bond donors (Lipinski definition) is 0. The van der Waals surface area contributed by atoms with Crippen molar-refractivity contribution in [3.8, 4) is 0 Å². The second-order valence-electron chi connectivity index (χ2n) is 2.41. The van der Waals surface area contributed by atoms with Gasteiger partial charge in [0.2, 0.25) is 0 Å². The fourth-order valence-corrected chi connectivity index (χ4v) is 0.835. The average molecular weight is 214 g/mol. The third-order valence-corrected chi connectivity index (χ3v) is 1.64. The van der Waals surface area contributed by atoms with Crippen LogP contribution in [0.1, 0.15) is 32.6 Å². The van der Waals surface area contributed by atoms with Crippen LogP contribution in [-0.4, -0.2) is 16.6 Å². The highest BCUT2D eigenvalue weighted by Gasteiger charge is 2.07. The highest BCUT2D eigenvalue weighted by Crippen LogP contribution is 2.04. The number of nitrogens with zero attached hydrogens (tertiary/aromatic N) is 1. The minimum absolute atomic E-state index is 0.384. The molecule has 0 saturated heterocycles. The molecule has 0 aromatic rings. The van der Waals surface area contributed by atoms with Crippen LogP contribution in [0, 0.1) is 0 Å². The quantitative estimate of drug-likeness (QED) is 0.519. The molecule has 0 unspecified atom stereocenters. The van der Waals surface area contributed by atoms with E-state index >= 15 is 0 Å². The van der Waals surface area contributed by atoms with Crippen molar-refractivity contribution in [1.82, 2.24) is 3.94 Å². The molecule has 1 amide bonds. The number of ether oxygens (including phenoxy) is 1. The van der Waals surface area contributed by atoms with Gasteiger partial charge in [0.05, 0.1) is 6.61 Å². The van der Waals surface area contributed by atoms with Crippen molar-refractivity contribution in [1.29, 1.82) is 0 Å². The van der Waals surface area contributed by atoms with Crippen molar-refractivity contribution in [2.24, 2.45) is 0 Å². The molecule has 72 valence electrons. The maximum absolute atomic E-state index is 10.6. The molecule has 0 atom stereocenters. The molecule has 0 aliphatic carbocycles. The Morgan fingerprint density at radius 1 is 1.33 bits per heavy atom. The van der Waals surface area contributed by atoms with Gasteiger partial charge in [-0.15, -0.1) is 3.94 Å². The van der Waals surface area contributed by atoms with E-state index in [-0.39, 0.29) is 0 Å². The molecule has 0 radical (unpaired) electrons. The lowest BCUT2D eigenvalue weighted by Crippen LogP contribution is -2.13. The molecule has 0 N–H and O–H groups in total. The molecule has 12 heavy (non-hydrogen) atoms. The number of halogens is 2. The zero-order valence-corrected chi connectivity index (χ0v) is 8.57. The molecule has 0 bridgehead atoms. The summed E-state index contributed by atoms with van der Waals surface area (Å²) in [7, 11) is 0. The molecule has 3 nitrogen and oxygen atoms in total. The van der Waals surface area contributed by atoms with E-state index in [2.05, 4.69) is 11.7 Å². The Bertz CT molecular complexity index is 131.